The van der Waals surface area contributed by atoms with Gasteiger partial charge < -0.3 is 10.2 Å². The zero-order valence-corrected chi connectivity index (χ0v) is 22.8. The van der Waals surface area contributed by atoms with E-state index in [-0.39, 0.29) is 23.4 Å². The Morgan fingerprint density at radius 1 is 0.838 bits per heavy atom. The minimum Gasteiger partial charge on any atom is -0.352 e. The highest BCUT2D eigenvalue weighted by Crippen LogP contribution is 2.24. The van der Waals surface area contributed by atoms with Crippen LogP contribution in [-0.2, 0) is 26.2 Å². The molecule has 0 saturated carbocycles. The first kappa shape index (κ1) is 27.9. The lowest BCUT2D eigenvalue weighted by Gasteiger charge is -2.32. The molecule has 3 aromatic rings. The van der Waals surface area contributed by atoms with Crippen LogP contribution in [0.2, 0.25) is 0 Å². The molecule has 0 aromatic heterocycles. The maximum atomic E-state index is 13.8. The predicted molar refractivity (Wildman–Crippen MR) is 147 cm³/mol. The molecule has 8 heteroatoms. The summed E-state index contributed by atoms with van der Waals surface area (Å²) in [5.41, 5.74) is 3.17. The van der Waals surface area contributed by atoms with Crippen molar-refractivity contribution in [3.8, 4) is 0 Å². The summed E-state index contributed by atoms with van der Waals surface area (Å²) < 4.78 is 28.6. The molecule has 196 valence electrons. The number of rotatable bonds is 10. The van der Waals surface area contributed by atoms with Gasteiger partial charge in [0, 0.05) is 12.6 Å². The van der Waals surface area contributed by atoms with Crippen molar-refractivity contribution in [1.29, 1.82) is 0 Å². The Kier molecular flexibility index (Phi) is 9.10. The van der Waals surface area contributed by atoms with E-state index in [1.54, 1.807) is 49.4 Å². The number of amides is 2. The van der Waals surface area contributed by atoms with Crippen LogP contribution >= 0.6 is 0 Å². The molecule has 2 amide bonds. The van der Waals surface area contributed by atoms with E-state index in [0.717, 1.165) is 21.0 Å². The van der Waals surface area contributed by atoms with E-state index in [1.807, 2.05) is 52.0 Å². The first-order chi connectivity index (χ1) is 17.5. The second-order valence-electron chi connectivity index (χ2n) is 9.51. The minimum atomic E-state index is -4.06. The lowest BCUT2D eigenvalue weighted by molar-refractivity contribution is -0.139. The number of nitrogens with zero attached hydrogens (tertiary/aromatic N) is 2. The molecule has 0 radical (unpaired) electrons. The summed E-state index contributed by atoms with van der Waals surface area (Å²) in [7, 11) is -4.06. The average Bonchev–Trinajstić information content (AvgIpc) is 2.85. The van der Waals surface area contributed by atoms with Crippen molar-refractivity contribution in [1.82, 2.24) is 10.2 Å². The molecule has 3 rings (SSSR count). The van der Waals surface area contributed by atoms with Crippen LogP contribution in [0.5, 0.6) is 0 Å². The van der Waals surface area contributed by atoms with E-state index < -0.39 is 28.5 Å². The van der Waals surface area contributed by atoms with Gasteiger partial charge in [-0.15, -0.1) is 0 Å². The summed E-state index contributed by atoms with van der Waals surface area (Å²) in [6, 6.07) is 21.8. The molecule has 0 bridgehead atoms. The number of sulfonamides is 1. The number of para-hydroxylation sites is 1. The fraction of sp³-hybridized carbons (Fsp3) is 0.310. The maximum Gasteiger partial charge on any atom is 0.264 e. The first-order valence-electron chi connectivity index (χ1n) is 12.3. The van der Waals surface area contributed by atoms with Crippen LogP contribution < -0.4 is 9.62 Å². The molecule has 0 heterocycles. The fourth-order valence-corrected chi connectivity index (χ4v) is 5.37. The first-order valence-corrected chi connectivity index (χ1v) is 13.7. The normalized spacial score (nSPS) is 12.2. The molecule has 0 saturated heterocycles. The Bertz CT molecular complexity index is 1320. The molecule has 0 spiro atoms. The Hall–Kier alpha value is -3.65. The van der Waals surface area contributed by atoms with Gasteiger partial charge in [-0.2, -0.15) is 0 Å². The van der Waals surface area contributed by atoms with Gasteiger partial charge in [-0.1, -0.05) is 65.7 Å². The standard InChI is InChI=1S/C29H35N3O4S/c1-21(2)30-29(34)24(5)31(19-25-11-9-10-23(4)18-25)28(33)20-32(26-12-7-6-8-13-26)37(35,36)27-16-14-22(3)15-17-27/h6-18,21,24H,19-20H2,1-5H3,(H,30,34). The topological polar surface area (TPSA) is 86.8 Å². The summed E-state index contributed by atoms with van der Waals surface area (Å²) in [5, 5.41) is 2.86. The monoisotopic (exact) mass is 521 g/mol. The number of hydrogen-bond acceptors (Lipinski definition) is 4. The number of hydrogen-bond donors (Lipinski definition) is 1. The van der Waals surface area contributed by atoms with Crippen LogP contribution in [0.4, 0.5) is 5.69 Å². The van der Waals surface area contributed by atoms with Crippen molar-refractivity contribution in [2.75, 3.05) is 10.8 Å². The van der Waals surface area contributed by atoms with Crippen LogP contribution in [0, 0.1) is 13.8 Å². The molecule has 1 unspecified atom stereocenters. The zero-order chi connectivity index (χ0) is 27.2. The van der Waals surface area contributed by atoms with E-state index >= 15 is 0 Å². The lowest BCUT2D eigenvalue weighted by Crippen LogP contribution is -2.52. The third-order valence-corrected chi connectivity index (χ3v) is 7.75. The van der Waals surface area contributed by atoms with Gasteiger partial charge in [0.15, 0.2) is 0 Å². The van der Waals surface area contributed by atoms with E-state index in [0.29, 0.717) is 5.69 Å². The molecule has 1 N–H and O–H groups in total. The molecule has 37 heavy (non-hydrogen) atoms. The van der Waals surface area contributed by atoms with Crippen molar-refractivity contribution in [2.45, 2.75) is 58.1 Å². The quantitative estimate of drug-likeness (QED) is 0.427. The largest absolute Gasteiger partial charge is 0.352 e. The van der Waals surface area contributed by atoms with E-state index in [2.05, 4.69) is 5.32 Å². The van der Waals surface area contributed by atoms with Gasteiger partial charge >= 0.3 is 0 Å². The second kappa shape index (κ2) is 12.1. The SMILES string of the molecule is Cc1ccc(S(=O)(=O)N(CC(=O)N(Cc2cccc(C)c2)C(C)C(=O)NC(C)C)c2ccccc2)cc1. The van der Waals surface area contributed by atoms with Crippen LogP contribution in [0.1, 0.15) is 37.5 Å². The predicted octanol–water partition coefficient (Wildman–Crippen LogP) is 4.44. The molecule has 0 aliphatic carbocycles. The van der Waals surface area contributed by atoms with Gasteiger partial charge in [-0.25, -0.2) is 8.42 Å². The Balaban J connectivity index is 2.00. The summed E-state index contributed by atoms with van der Waals surface area (Å²) >= 11 is 0. The van der Waals surface area contributed by atoms with Crippen LogP contribution in [-0.4, -0.2) is 43.8 Å². The Morgan fingerprint density at radius 3 is 2.08 bits per heavy atom. The van der Waals surface area contributed by atoms with E-state index in [1.165, 1.54) is 17.0 Å². The van der Waals surface area contributed by atoms with Crippen molar-refractivity contribution in [2.24, 2.45) is 0 Å². The molecular formula is C29H35N3O4S. The maximum absolute atomic E-state index is 13.8. The van der Waals surface area contributed by atoms with E-state index in [4.69, 9.17) is 0 Å². The van der Waals surface area contributed by atoms with Gasteiger partial charge in [0.1, 0.15) is 12.6 Å². The number of anilines is 1. The van der Waals surface area contributed by atoms with Gasteiger partial charge in [0.2, 0.25) is 11.8 Å². The number of benzene rings is 3. The highest BCUT2D eigenvalue weighted by molar-refractivity contribution is 7.92. The molecule has 0 aliphatic rings. The molecule has 1 atom stereocenters. The molecule has 7 nitrogen and oxygen atoms in total. The molecular weight excluding hydrogens is 486 g/mol. The second-order valence-corrected chi connectivity index (χ2v) is 11.4. The third-order valence-electron chi connectivity index (χ3n) is 5.97. The van der Waals surface area contributed by atoms with Gasteiger partial charge in [0.05, 0.1) is 10.6 Å². The van der Waals surface area contributed by atoms with Crippen molar-refractivity contribution in [3.63, 3.8) is 0 Å². The van der Waals surface area contributed by atoms with Gasteiger partial charge in [-0.05, 0) is 64.4 Å². The van der Waals surface area contributed by atoms with Crippen LogP contribution in [0.3, 0.4) is 0 Å². The minimum absolute atomic E-state index is 0.0885. The van der Waals surface area contributed by atoms with E-state index in [9.17, 15) is 18.0 Å². The highest BCUT2D eigenvalue weighted by atomic mass is 32.2. The third kappa shape index (κ3) is 7.20. The number of carbonyl (C=O) groups is 2. The Labute approximate surface area is 220 Å². The number of nitrogens with one attached hydrogen (secondary N) is 1. The summed E-state index contributed by atoms with van der Waals surface area (Å²) in [4.78, 5) is 28.3. The zero-order valence-electron chi connectivity index (χ0n) is 22.0. The van der Waals surface area contributed by atoms with Crippen LogP contribution in [0.15, 0.2) is 83.8 Å². The Morgan fingerprint density at radius 2 is 1.49 bits per heavy atom. The van der Waals surface area contributed by atoms with Gasteiger partial charge in [0.25, 0.3) is 10.0 Å². The molecule has 3 aromatic carbocycles. The highest BCUT2D eigenvalue weighted by Gasteiger charge is 2.32. The van der Waals surface area contributed by atoms with Crippen molar-refractivity contribution < 1.29 is 18.0 Å². The summed E-state index contributed by atoms with van der Waals surface area (Å²) in [6.07, 6.45) is 0. The van der Waals surface area contributed by atoms with Gasteiger partial charge in [-0.3, -0.25) is 13.9 Å². The van der Waals surface area contributed by atoms with Crippen molar-refractivity contribution in [3.05, 3.63) is 95.6 Å². The van der Waals surface area contributed by atoms with Crippen LogP contribution in [0.25, 0.3) is 0 Å². The smallest absolute Gasteiger partial charge is 0.264 e. The summed E-state index contributed by atoms with van der Waals surface area (Å²) in [6.45, 7) is 8.90. The fourth-order valence-electron chi connectivity index (χ4n) is 3.96. The van der Waals surface area contributed by atoms with Crippen molar-refractivity contribution >= 4 is 27.5 Å². The number of aryl methyl sites for hydroxylation is 2. The lowest BCUT2D eigenvalue weighted by atomic mass is 10.1. The summed E-state index contributed by atoms with van der Waals surface area (Å²) in [5.74, 6) is -0.781. The molecule has 0 fully saturated rings. The molecule has 0 aliphatic heterocycles. The number of carbonyl (C=O) groups excluding carboxylic acids is 2. The average molecular weight is 522 g/mol.